The summed E-state index contributed by atoms with van der Waals surface area (Å²) in [6, 6.07) is 9.82. The molecule has 0 aliphatic rings. The van der Waals surface area contributed by atoms with Crippen molar-refractivity contribution in [2.75, 3.05) is 10.4 Å². The molecule has 9 heteroatoms. The van der Waals surface area contributed by atoms with Crippen LogP contribution in [0.15, 0.2) is 48.8 Å². The average Bonchev–Trinajstić information content (AvgIpc) is 2.61. The Morgan fingerprint density at radius 3 is 2.44 bits per heavy atom. The number of alkyl halides is 3. The van der Waals surface area contributed by atoms with E-state index in [2.05, 4.69) is 24.3 Å². The van der Waals surface area contributed by atoms with Crippen molar-refractivity contribution in [3.05, 3.63) is 65.7 Å². The van der Waals surface area contributed by atoms with E-state index in [1.54, 1.807) is 35.3 Å². The molecular weight excluding hydrogens is 374 g/mol. The molecule has 0 saturated heterocycles. The van der Waals surface area contributed by atoms with Crippen molar-refractivity contribution in [1.29, 1.82) is 0 Å². The van der Waals surface area contributed by atoms with Gasteiger partial charge in [0.1, 0.15) is 5.69 Å². The van der Waals surface area contributed by atoms with Gasteiger partial charge in [-0.1, -0.05) is 12.1 Å². The summed E-state index contributed by atoms with van der Waals surface area (Å²) >= 11 is 0. The fourth-order valence-corrected chi connectivity index (χ4v) is 2.87. The summed E-state index contributed by atoms with van der Waals surface area (Å²) in [5.74, 6) is 0.528. The van der Waals surface area contributed by atoms with Gasteiger partial charge in [0.2, 0.25) is 0 Å². The van der Waals surface area contributed by atoms with Crippen LogP contribution < -0.4 is 10.4 Å². The Bertz CT molecular complexity index is 944. The summed E-state index contributed by atoms with van der Waals surface area (Å²) in [6.07, 6.45) is -1.21. The van der Waals surface area contributed by atoms with Crippen molar-refractivity contribution in [2.24, 2.45) is 0 Å². The molecule has 2 N–H and O–H groups in total. The summed E-state index contributed by atoms with van der Waals surface area (Å²) in [7, 11) is 2.41. The van der Waals surface area contributed by atoms with Gasteiger partial charge >= 0.3 is 6.18 Å². The summed E-state index contributed by atoms with van der Waals surface area (Å²) < 4.78 is 40.5. The normalized spacial score (nSPS) is 11.4. The second-order valence-electron chi connectivity index (χ2n) is 6.02. The topological polar surface area (TPSA) is 67.9 Å². The molecule has 1 atom stereocenters. The van der Waals surface area contributed by atoms with E-state index in [4.69, 9.17) is 5.73 Å². The molecule has 0 saturated carbocycles. The van der Waals surface area contributed by atoms with E-state index >= 15 is 0 Å². The molecule has 0 spiro atoms. The Morgan fingerprint density at radius 2 is 1.81 bits per heavy atom. The maximum atomic E-state index is 13.0. The van der Waals surface area contributed by atoms with Crippen LogP contribution in [0.5, 0.6) is 0 Å². The lowest BCUT2D eigenvalue weighted by molar-refractivity contribution is -0.141. The molecule has 140 valence electrons. The first-order valence-corrected chi connectivity index (χ1v) is 8.49. The van der Waals surface area contributed by atoms with Crippen molar-refractivity contribution < 1.29 is 13.2 Å². The van der Waals surface area contributed by atoms with Gasteiger partial charge in [-0.05, 0) is 40.6 Å². The number of hydrogen-bond donors (Lipinski definition) is 1. The van der Waals surface area contributed by atoms with Gasteiger partial charge in [-0.3, -0.25) is 0 Å². The number of aryl methyl sites for hydroxylation is 1. The Balaban J connectivity index is 1.78. The Hall–Kier alpha value is -2.73. The van der Waals surface area contributed by atoms with Gasteiger partial charge in [0, 0.05) is 47.1 Å². The van der Waals surface area contributed by atoms with Crippen LogP contribution in [0.3, 0.4) is 0 Å². The van der Waals surface area contributed by atoms with Gasteiger partial charge in [0.25, 0.3) is 0 Å². The molecule has 0 aliphatic carbocycles. The number of rotatable bonds is 4. The van der Waals surface area contributed by atoms with Crippen LogP contribution >= 0.6 is 9.39 Å². The minimum Gasteiger partial charge on any atom is -0.399 e. The molecule has 2 heterocycles. The minimum atomic E-state index is -4.49. The van der Waals surface area contributed by atoms with Crippen molar-refractivity contribution in [3.63, 3.8) is 0 Å². The number of hydrogen-bond acceptors (Lipinski definition) is 5. The lowest BCUT2D eigenvalue weighted by atomic mass is 10.2. The fourth-order valence-electron chi connectivity index (χ4n) is 2.51. The molecule has 2 aromatic heterocycles. The fraction of sp³-hybridized carbons (Fsp3) is 0.167. The third kappa shape index (κ3) is 4.71. The second kappa shape index (κ2) is 7.48. The monoisotopic (exact) mass is 391 g/mol. The summed E-state index contributed by atoms with van der Waals surface area (Å²) in [5, 5.41) is 0. The Kier molecular flexibility index (Phi) is 5.28. The van der Waals surface area contributed by atoms with Crippen LogP contribution in [-0.4, -0.2) is 15.0 Å². The SMILES string of the molecule is Cc1cc(N(P)Cc2cnc(-c3cccc(N)c3)nc2)cc(C(F)(F)F)n1. The predicted molar refractivity (Wildman–Crippen MR) is 102 cm³/mol. The standard InChI is InChI=1S/C18H17F3N5P/c1-11-5-15(7-16(25-11)18(19,20)21)26(27)10-12-8-23-17(24-9-12)13-3-2-4-14(22)6-13/h2-9H,10,22,27H2,1H3. The molecule has 1 aromatic carbocycles. The lowest BCUT2D eigenvalue weighted by Gasteiger charge is -2.20. The van der Waals surface area contributed by atoms with Gasteiger partial charge in [0.15, 0.2) is 5.82 Å². The maximum absolute atomic E-state index is 13.0. The largest absolute Gasteiger partial charge is 0.433 e. The number of nitrogen functional groups attached to an aromatic ring is 1. The van der Waals surface area contributed by atoms with E-state index in [0.29, 0.717) is 29.4 Å². The van der Waals surface area contributed by atoms with Crippen molar-refractivity contribution >= 4 is 20.8 Å². The zero-order chi connectivity index (χ0) is 19.6. The van der Waals surface area contributed by atoms with Gasteiger partial charge in [-0.15, -0.1) is 0 Å². The molecule has 0 aliphatic heterocycles. The summed E-state index contributed by atoms with van der Waals surface area (Å²) in [4.78, 5) is 12.2. The van der Waals surface area contributed by atoms with Crippen LogP contribution in [0.2, 0.25) is 0 Å². The van der Waals surface area contributed by atoms with Crippen LogP contribution in [-0.2, 0) is 12.7 Å². The number of aromatic nitrogens is 3. The van der Waals surface area contributed by atoms with Crippen LogP contribution in [0, 0.1) is 6.92 Å². The van der Waals surface area contributed by atoms with E-state index in [9.17, 15) is 13.2 Å². The van der Waals surface area contributed by atoms with Gasteiger partial charge in [-0.2, -0.15) is 13.2 Å². The van der Waals surface area contributed by atoms with Crippen LogP contribution in [0.4, 0.5) is 24.5 Å². The minimum absolute atomic E-state index is 0.292. The summed E-state index contributed by atoms with van der Waals surface area (Å²) in [6.45, 7) is 1.85. The van der Waals surface area contributed by atoms with Crippen molar-refractivity contribution in [1.82, 2.24) is 15.0 Å². The number of anilines is 2. The number of benzene rings is 1. The molecule has 1 unspecified atom stereocenters. The van der Waals surface area contributed by atoms with E-state index < -0.39 is 11.9 Å². The smallest absolute Gasteiger partial charge is 0.399 e. The molecule has 0 radical (unpaired) electrons. The third-order valence-electron chi connectivity index (χ3n) is 3.76. The first kappa shape index (κ1) is 19.0. The molecule has 0 amide bonds. The molecule has 3 aromatic rings. The highest BCUT2D eigenvalue weighted by atomic mass is 31.0. The second-order valence-corrected chi connectivity index (χ2v) is 6.64. The maximum Gasteiger partial charge on any atom is 0.433 e. The first-order valence-electron chi connectivity index (χ1n) is 7.97. The predicted octanol–water partition coefficient (Wildman–Crippen LogP) is 4.24. The molecule has 3 rings (SSSR count). The number of halogens is 3. The molecule has 0 fully saturated rings. The molecular formula is C18H17F3N5P. The van der Waals surface area contributed by atoms with E-state index in [0.717, 1.165) is 17.2 Å². The Morgan fingerprint density at radius 1 is 1.11 bits per heavy atom. The first-order chi connectivity index (χ1) is 12.7. The summed E-state index contributed by atoms with van der Waals surface area (Å²) in [5.41, 5.74) is 7.68. The van der Waals surface area contributed by atoms with Crippen molar-refractivity contribution in [3.8, 4) is 11.4 Å². The van der Waals surface area contributed by atoms with E-state index in [1.165, 1.54) is 6.92 Å². The van der Waals surface area contributed by atoms with Gasteiger partial charge in [0.05, 0.1) is 0 Å². The lowest BCUT2D eigenvalue weighted by Crippen LogP contribution is -2.14. The Labute approximate surface area is 156 Å². The quantitative estimate of drug-likeness (QED) is 0.532. The highest BCUT2D eigenvalue weighted by molar-refractivity contribution is 7.19. The number of nitrogens with two attached hydrogens (primary N) is 1. The van der Waals surface area contributed by atoms with Crippen LogP contribution in [0.1, 0.15) is 17.0 Å². The molecule has 27 heavy (non-hydrogen) atoms. The van der Waals surface area contributed by atoms with E-state index in [-0.39, 0.29) is 0 Å². The zero-order valence-electron chi connectivity index (χ0n) is 14.4. The average molecular weight is 391 g/mol. The number of nitrogens with zero attached hydrogens (tertiary/aromatic N) is 4. The highest BCUT2D eigenvalue weighted by Crippen LogP contribution is 2.32. The van der Waals surface area contributed by atoms with E-state index in [1.807, 2.05) is 12.1 Å². The van der Waals surface area contributed by atoms with Crippen molar-refractivity contribution in [2.45, 2.75) is 19.6 Å². The highest BCUT2D eigenvalue weighted by Gasteiger charge is 2.33. The molecule has 5 nitrogen and oxygen atoms in total. The molecule has 0 bridgehead atoms. The van der Waals surface area contributed by atoms with Gasteiger partial charge < -0.3 is 10.4 Å². The van der Waals surface area contributed by atoms with Gasteiger partial charge in [-0.25, -0.2) is 15.0 Å². The number of pyridine rings is 1. The third-order valence-corrected chi connectivity index (χ3v) is 4.24. The zero-order valence-corrected chi connectivity index (χ0v) is 15.6. The van der Waals surface area contributed by atoms with Crippen LogP contribution in [0.25, 0.3) is 11.4 Å².